The zero-order valence-corrected chi connectivity index (χ0v) is 11.9. The van der Waals surface area contributed by atoms with Gasteiger partial charge in [-0.1, -0.05) is 18.2 Å². The van der Waals surface area contributed by atoms with Crippen LogP contribution >= 0.6 is 11.8 Å². The van der Waals surface area contributed by atoms with Crippen molar-refractivity contribution in [1.29, 1.82) is 0 Å². The Balaban J connectivity index is 1.85. The maximum absolute atomic E-state index is 12.5. The molecule has 1 heterocycles. The number of carbonyl (C=O) groups excluding carboxylic acids is 1. The van der Waals surface area contributed by atoms with Crippen LogP contribution in [0.25, 0.3) is 0 Å². The Morgan fingerprint density at radius 3 is 2.75 bits per heavy atom. The molecule has 20 heavy (non-hydrogen) atoms. The molecular weight excluding hydrogens is 272 g/mol. The third kappa shape index (κ3) is 2.51. The van der Waals surface area contributed by atoms with Crippen molar-refractivity contribution in [3.63, 3.8) is 0 Å². The van der Waals surface area contributed by atoms with Gasteiger partial charge in [0.2, 0.25) is 0 Å². The van der Waals surface area contributed by atoms with Gasteiger partial charge in [-0.2, -0.15) is 0 Å². The molecule has 0 N–H and O–H groups in total. The molecule has 4 heteroatoms. The van der Waals surface area contributed by atoms with E-state index in [9.17, 15) is 4.79 Å². The normalized spacial score (nSPS) is 17.2. The first-order chi connectivity index (χ1) is 9.78. The standard InChI is InChI=1S/C16H14O3S/c1-18-11-7-8-14-13(9-11)16(17)15(10-19-14)20-12-5-3-2-4-6-12/h2-9,15H,10H2,1H3/t15-/m1/s1. The van der Waals surface area contributed by atoms with Crippen LogP contribution in [-0.2, 0) is 0 Å². The molecule has 2 aromatic rings. The highest BCUT2D eigenvalue weighted by Crippen LogP contribution is 2.34. The molecule has 0 bridgehead atoms. The maximum Gasteiger partial charge on any atom is 0.183 e. The third-order valence-electron chi connectivity index (χ3n) is 3.16. The monoisotopic (exact) mass is 286 g/mol. The van der Waals surface area contributed by atoms with Crippen LogP contribution in [0.1, 0.15) is 10.4 Å². The van der Waals surface area contributed by atoms with Crippen LogP contribution in [0.4, 0.5) is 0 Å². The van der Waals surface area contributed by atoms with E-state index in [4.69, 9.17) is 9.47 Å². The lowest BCUT2D eigenvalue weighted by molar-refractivity contribution is 0.0942. The van der Waals surface area contributed by atoms with E-state index in [-0.39, 0.29) is 11.0 Å². The van der Waals surface area contributed by atoms with Crippen molar-refractivity contribution >= 4 is 17.5 Å². The number of ketones is 1. The van der Waals surface area contributed by atoms with Gasteiger partial charge < -0.3 is 9.47 Å². The van der Waals surface area contributed by atoms with E-state index in [1.54, 1.807) is 25.3 Å². The summed E-state index contributed by atoms with van der Waals surface area (Å²) in [4.78, 5) is 13.6. The average Bonchev–Trinajstić information content (AvgIpc) is 2.51. The quantitative estimate of drug-likeness (QED) is 0.866. The molecule has 0 aliphatic carbocycles. The summed E-state index contributed by atoms with van der Waals surface area (Å²) in [5.74, 6) is 1.41. The number of carbonyl (C=O) groups is 1. The molecule has 1 aliphatic rings. The van der Waals surface area contributed by atoms with E-state index < -0.39 is 0 Å². The molecule has 0 aromatic heterocycles. The second-order valence-electron chi connectivity index (χ2n) is 4.46. The number of fused-ring (bicyclic) bond motifs is 1. The smallest absolute Gasteiger partial charge is 0.183 e. The Hall–Kier alpha value is -1.94. The van der Waals surface area contributed by atoms with Gasteiger partial charge >= 0.3 is 0 Å². The molecule has 0 amide bonds. The Kier molecular flexibility index (Phi) is 3.65. The van der Waals surface area contributed by atoms with Crippen LogP contribution in [0.3, 0.4) is 0 Å². The minimum Gasteiger partial charge on any atom is -0.497 e. The summed E-state index contributed by atoms with van der Waals surface area (Å²) in [6.45, 7) is 0.401. The van der Waals surface area contributed by atoms with Gasteiger partial charge in [0.1, 0.15) is 23.4 Å². The minimum atomic E-state index is -0.211. The predicted molar refractivity (Wildman–Crippen MR) is 78.9 cm³/mol. The van der Waals surface area contributed by atoms with Gasteiger partial charge in [0.25, 0.3) is 0 Å². The molecule has 0 unspecified atom stereocenters. The Bertz CT molecular complexity index is 625. The second kappa shape index (κ2) is 5.59. The van der Waals surface area contributed by atoms with Crippen molar-refractivity contribution in [1.82, 2.24) is 0 Å². The molecule has 102 valence electrons. The number of rotatable bonds is 3. The summed E-state index contributed by atoms with van der Waals surface area (Å²) in [5.41, 5.74) is 0.601. The number of hydrogen-bond donors (Lipinski definition) is 0. The highest BCUT2D eigenvalue weighted by Gasteiger charge is 2.30. The highest BCUT2D eigenvalue weighted by molar-refractivity contribution is 8.00. The molecule has 3 rings (SSSR count). The van der Waals surface area contributed by atoms with Crippen LogP contribution in [0.15, 0.2) is 53.4 Å². The maximum atomic E-state index is 12.5. The van der Waals surface area contributed by atoms with Crippen molar-refractivity contribution in [3.05, 3.63) is 54.1 Å². The highest BCUT2D eigenvalue weighted by atomic mass is 32.2. The molecule has 0 saturated carbocycles. The summed E-state index contributed by atoms with van der Waals surface area (Å²) < 4.78 is 10.8. The van der Waals surface area contributed by atoms with Crippen molar-refractivity contribution in [3.8, 4) is 11.5 Å². The van der Waals surface area contributed by atoms with Gasteiger partial charge in [0, 0.05) is 4.90 Å². The molecule has 0 radical (unpaired) electrons. The topological polar surface area (TPSA) is 35.5 Å². The van der Waals surface area contributed by atoms with E-state index in [1.165, 1.54) is 11.8 Å². The van der Waals surface area contributed by atoms with E-state index in [0.29, 0.717) is 23.7 Å². The van der Waals surface area contributed by atoms with Gasteiger partial charge in [0.05, 0.1) is 12.7 Å². The first-order valence-corrected chi connectivity index (χ1v) is 7.22. The molecule has 0 saturated heterocycles. The first-order valence-electron chi connectivity index (χ1n) is 6.34. The Labute approximate surface area is 121 Å². The van der Waals surface area contributed by atoms with Gasteiger partial charge in [0.15, 0.2) is 5.78 Å². The fourth-order valence-electron chi connectivity index (χ4n) is 2.12. The van der Waals surface area contributed by atoms with E-state index in [0.717, 1.165) is 4.90 Å². The summed E-state index contributed by atoms with van der Waals surface area (Å²) in [5, 5.41) is -0.211. The number of ether oxygens (including phenoxy) is 2. The number of hydrogen-bond acceptors (Lipinski definition) is 4. The largest absolute Gasteiger partial charge is 0.497 e. The summed E-state index contributed by atoms with van der Waals surface area (Å²) in [7, 11) is 1.59. The second-order valence-corrected chi connectivity index (χ2v) is 5.73. The van der Waals surface area contributed by atoms with Gasteiger partial charge in [-0.05, 0) is 30.3 Å². The molecule has 1 atom stereocenters. The predicted octanol–water partition coefficient (Wildman–Crippen LogP) is 3.43. The van der Waals surface area contributed by atoms with Crippen molar-refractivity contribution in [2.24, 2.45) is 0 Å². The number of methoxy groups -OCH3 is 1. The number of benzene rings is 2. The fraction of sp³-hybridized carbons (Fsp3) is 0.188. The molecule has 0 fully saturated rings. The molecule has 0 spiro atoms. The van der Waals surface area contributed by atoms with E-state index >= 15 is 0 Å². The van der Waals surface area contributed by atoms with E-state index in [2.05, 4.69) is 0 Å². The van der Waals surface area contributed by atoms with Crippen molar-refractivity contribution < 1.29 is 14.3 Å². The first kappa shape index (κ1) is 13.1. The van der Waals surface area contributed by atoms with Crippen molar-refractivity contribution in [2.75, 3.05) is 13.7 Å². The Morgan fingerprint density at radius 2 is 2.00 bits per heavy atom. The number of thioether (sulfide) groups is 1. The molecular formula is C16H14O3S. The zero-order chi connectivity index (χ0) is 13.9. The molecule has 3 nitrogen and oxygen atoms in total. The molecule has 2 aromatic carbocycles. The average molecular weight is 286 g/mol. The summed E-state index contributed by atoms with van der Waals surface area (Å²) >= 11 is 1.53. The lowest BCUT2D eigenvalue weighted by atomic mass is 10.0. The van der Waals surface area contributed by atoms with Crippen LogP contribution in [0.5, 0.6) is 11.5 Å². The molecule has 1 aliphatic heterocycles. The summed E-state index contributed by atoms with van der Waals surface area (Å²) in [6.07, 6.45) is 0. The van der Waals surface area contributed by atoms with Crippen LogP contribution in [0.2, 0.25) is 0 Å². The SMILES string of the molecule is COc1ccc2c(c1)C(=O)[C@H](Sc1ccccc1)CO2. The lowest BCUT2D eigenvalue weighted by Gasteiger charge is -2.24. The van der Waals surface area contributed by atoms with Crippen LogP contribution in [-0.4, -0.2) is 24.7 Å². The Morgan fingerprint density at radius 1 is 1.20 bits per heavy atom. The van der Waals surface area contributed by atoms with E-state index in [1.807, 2.05) is 30.3 Å². The van der Waals surface area contributed by atoms with Gasteiger partial charge in [-0.15, -0.1) is 11.8 Å². The number of Topliss-reactive ketones (excluding diaryl/α,β-unsaturated/α-hetero) is 1. The zero-order valence-electron chi connectivity index (χ0n) is 11.0. The van der Waals surface area contributed by atoms with Gasteiger partial charge in [-0.25, -0.2) is 0 Å². The lowest BCUT2D eigenvalue weighted by Crippen LogP contribution is -2.30. The fourth-order valence-corrected chi connectivity index (χ4v) is 3.13. The van der Waals surface area contributed by atoms with Gasteiger partial charge in [-0.3, -0.25) is 4.79 Å². The third-order valence-corrected chi connectivity index (χ3v) is 4.34. The summed E-state index contributed by atoms with van der Waals surface area (Å²) in [6, 6.07) is 15.2. The minimum absolute atomic E-state index is 0.0963. The van der Waals surface area contributed by atoms with Crippen molar-refractivity contribution in [2.45, 2.75) is 10.1 Å². The van der Waals surface area contributed by atoms with Crippen LogP contribution in [0, 0.1) is 0 Å². The van der Waals surface area contributed by atoms with Crippen LogP contribution < -0.4 is 9.47 Å².